The van der Waals surface area contributed by atoms with Crippen LogP contribution in [-0.2, 0) is 71.5 Å². The van der Waals surface area contributed by atoms with Gasteiger partial charge in [0.1, 0.15) is 96.5 Å². The van der Waals surface area contributed by atoms with Crippen LogP contribution in [-0.4, -0.2) is 243 Å². The Bertz CT molecular complexity index is 2440. The molecule has 0 aromatic carbocycles. The van der Waals surface area contributed by atoms with E-state index < -0.39 is 186 Å². The minimum Gasteiger partial charge on any atom is -0.726 e. The molecule has 464 valence electrons. The predicted molar refractivity (Wildman–Crippen MR) is 270 cm³/mol. The number of rotatable bonds is 14. The number of carbonyl (C=O) groups is 1. The van der Waals surface area contributed by atoms with Gasteiger partial charge in [-0.05, 0) is 107 Å². The zero-order valence-electron chi connectivity index (χ0n) is 48.2. The molecule has 10 rings (SSSR count). The van der Waals surface area contributed by atoms with Crippen LogP contribution in [0.25, 0.3) is 0 Å². The van der Waals surface area contributed by atoms with Gasteiger partial charge in [0, 0.05) is 13.0 Å². The molecule has 3 saturated carbocycles. The summed E-state index contributed by atoms with van der Waals surface area (Å²) in [5.74, 6) is -0.736. The molecule has 0 amide bonds. The summed E-state index contributed by atoms with van der Waals surface area (Å²) >= 11 is 0. The molecule has 10 aliphatic rings. The first-order valence-corrected chi connectivity index (χ1v) is 29.8. The average molecular weight is 1210 g/mol. The molecule has 6 saturated heterocycles. The maximum atomic E-state index is 14.6. The molecule has 0 aromatic heterocycles. The summed E-state index contributed by atoms with van der Waals surface area (Å²) in [4.78, 5) is 14.6. The minimum absolute atomic E-state index is 0. The summed E-state index contributed by atoms with van der Waals surface area (Å²) in [6.07, 6.45) is -27.0. The molecule has 6 heterocycles. The molecular weight excluding hydrogens is 1120 g/mol. The Morgan fingerprint density at radius 1 is 0.659 bits per heavy atom. The van der Waals surface area contributed by atoms with Gasteiger partial charge < -0.3 is 108 Å². The molecule has 4 aliphatic carbocycles. The fraction of sp³-hybridized carbons (Fsp3) is 0.944. The fourth-order valence-electron chi connectivity index (χ4n) is 17.0. The molecule has 26 nitrogen and oxygen atoms in total. The monoisotopic (exact) mass is 1200 g/mol. The fourth-order valence-corrected chi connectivity index (χ4v) is 17.4. The van der Waals surface area contributed by atoms with Crippen LogP contribution in [0.2, 0.25) is 0 Å². The van der Waals surface area contributed by atoms with Crippen molar-refractivity contribution in [2.24, 2.45) is 39.4 Å². The number of allylic oxidation sites excluding steroid dienone is 1. The maximum Gasteiger partial charge on any atom is 1.00 e. The van der Waals surface area contributed by atoms with E-state index in [-0.39, 0.29) is 65.0 Å². The summed E-state index contributed by atoms with van der Waals surface area (Å²) < 4.78 is 107. The number of fused-ring (bicyclic) bond motifs is 4. The van der Waals surface area contributed by atoms with Gasteiger partial charge >= 0.3 is 35.5 Å². The van der Waals surface area contributed by atoms with Crippen LogP contribution in [0.5, 0.6) is 0 Å². The third kappa shape index (κ3) is 10.7. The molecule has 2 unspecified atom stereocenters. The first-order valence-electron chi connectivity index (χ1n) is 28.5. The van der Waals surface area contributed by atoms with Gasteiger partial charge in [-0.2, -0.15) is 0 Å². The summed E-state index contributed by atoms with van der Waals surface area (Å²) in [5.41, 5.74) is -3.09. The van der Waals surface area contributed by atoms with Gasteiger partial charge in [-0.3, -0.25) is 8.98 Å². The van der Waals surface area contributed by atoms with E-state index in [1.807, 2.05) is 26.8 Å². The van der Waals surface area contributed by atoms with Crippen LogP contribution in [0, 0.1) is 39.4 Å². The molecule has 1 spiro atoms. The van der Waals surface area contributed by atoms with Crippen molar-refractivity contribution in [1.82, 2.24) is 0 Å². The van der Waals surface area contributed by atoms with E-state index in [2.05, 4.69) is 31.9 Å². The second-order valence-electron chi connectivity index (χ2n) is 26.3. The van der Waals surface area contributed by atoms with Crippen molar-refractivity contribution in [1.29, 1.82) is 0 Å². The summed E-state index contributed by atoms with van der Waals surface area (Å²) in [5, 5.41) is 112. The number of ether oxygens (including phenoxy) is 11. The Balaban J connectivity index is 0.00000810. The van der Waals surface area contributed by atoms with Crippen molar-refractivity contribution in [3.05, 3.63) is 11.6 Å². The Labute approximate surface area is 499 Å². The van der Waals surface area contributed by atoms with Crippen LogP contribution in [0.4, 0.5) is 0 Å². The number of carbonyl (C=O) groups excluding carboxylic acids is 1. The zero-order valence-corrected chi connectivity index (χ0v) is 51.0. The molecular formula is C54H85NaO26S. The summed E-state index contributed by atoms with van der Waals surface area (Å²) in [6, 6.07) is 0. The van der Waals surface area contributed by atoms with E-state index >= 15 is 0 Å². The van der Waals surface area contributed by atoms with Gasteiger partial charge in [0.15, 0.2) is 25.2 Å². The second-order valence-corrected chi connectivity index (χ2v) is 27.4. The van der Waals surface area contributed by atoms with Crippen LogP contribution in [0.1, 0.15) is 107 Å². The van der Waals surface area contributed by atoms with Gasteiger partial charge in [0.25, 0.3) is 0 Å². The number of cyclic esters (lactones) is 1. The van der Waals surface area contributed by atoms with E-state index in [1.165, 1.54) is 14.0 Å². The Morgan fingerprint density at radius 3 is 1.85 bits per heavy atom. The zero-order chi connectivity index (χ0) is 59.1. The Morgan fingerprint density at radius 2 is 1.26 bits per heavy atom. The first-order chi connectivity index (χ1) is 37.8. The number of hydrogen-bond acceptors (Lipinski definition) is 26. The van der Waals surface area contributed by atoms with Crippen LogP contribution in [0.15, 0.2) is 11.6 Å². The normalized spacial score (nSPS) is 52.6. The minimum atomic E-state index is -5.43. The third-order valence-electron chi connectivity index (χ3n) is 21.2. The number of aliphatic hydroxyl groups is 10. The number of aliphatic hydroxyl groups excluding tert-OH is 10. The van der Waals surface area contributed by atoms with E-state index in [0.29, 0.717) is 25.7 Å². The smallest absolute Gasteiger partial charge is 0.726 e. The number of hydrogen-bond donors (Lipinski definition) is 10. The van der Waals surface area contributed by atoms with Crippen molar-refractivity contribution in [2.75, 3.05) is 26.9 Å². The van der Waals surface area contributed by atoms with Gasteiger partial charge in [-0.1, -0.05) is 39.3 Å². The van der Waals surface area contributed by atoms with Gasteiger partial charge in [0.2, 0.25) is 10.4 Å². The molecule has 0 aromatic rings. The van der Waals surface area contributed by atoms with Gasteiger partial charge in [-0.25, -0.2) is 8.42 Å². The van der Waals surface area contributed by atoms with E-state index in [4.69, 9.17) is 52.1 Å². The van der Waals surface area contributed by atoms with Crippen LogP contribution >= 0.6 is 0 Å². The molecule has 6 aliphatic heterocycles. The maximum absolute atomic E-state index is 14.6. The largest absolute Gasteiger partial charge is 1.00 e. The van der Waals surface area contributed by atoms with Crippen LogP contribution < -0.4 is 29.6 Å². The van der Waals surface area contributed by atoms with Crippen molar-refractivity contribution in [3.63, 3.8) is 0 Å². The Kier molecular flexibility index (Phi) is 18.9. The van der Waals surface area contributed by atoms with Crippen molar-refractivity contribution < 1.29 is 155 Å². The van der Waals surface area contributed by atoms with Gasteiger partial charge in [-0.15, -0.1) is 0 Å². The van der Waals surface area contributed by atoms with Crippen molar-refractivity contribution >= 4 is 16.4 Å². The topological polar surface area (TPSA) is 387 Å². The standard InChI is InChI=1S/C54H86O26S.Na/c1-22-40(75-46-39(64)42(34(59)26(20-56)73-46)76-45-38(63)41(69-9)33(58)25(19-55)72-45)36(61)37(62)44(71-22)77-43-35(60)27(80-81(66,67)68)21-70-47(43)74-31-14-16-51(6)24-18-30(57)54-29(53(8,79-48(54)65)32-13-15-49(2,3)78-32)12-17-52(54,7)23(24)10-11-28(51)50(31,4)5;/h18,22-23,25-47,55-64H,10-17,19-21H2,1-9H3,(H,66,67,68);/q;+1/p-1/t22-,23-,25-,26-,27-,28+,29-,30+,31+,32?,33-,34-,35+,36-,37-,38-,39-,40-,41+,42+,43-,44+,45+,46+,47+,51-,52+,53-,54?;/m1./s1. The number of esters is 1. The molecule has 28 heteroatoms. The number of methoxy groups -OCH3 is 1. The SMILES string of the molecule is CO[C@@H]1[C@@H](O)[C@H](O[C@@H]2[C@@H](O)[C@H](O[C@H]3[C@H](O)[C@@H](O)[C@H](O[C@H]4[C@H](O[C@H]5CC[C@]6(C)C7=C[C@H](O)C89C(=O)O[C@@](C)(C%10CCC(C)(C)O%10)[C@H]8CC[C@@]9(C)[C@@H]7CC[C@H]6C5(C)C)OC[C@@H](OS(=O)(=O)[O-])[C@@H]4O)O[C@@H]3C)O[C@H](CO)[C@H]2O)O[C@H](CO)[C@H]1O.[Na+]. The first kappa shape index (κ1) is 65.7. The van der Waals surface area contributed by atoms with Gasteiger partial charge in [0.05, 0.1) is 49.8 Å². The van der Waals surface area contributed by atoms with E-state index in [9.17, 15) is 68.8 Å². The average Bonchev–Trinajstić information content (AvgIpc) is 1.46. The van der Waals surface area contributed by atoms with E-state index in [0.717, 1.165) is 31.3 Å². The van der Waals surface area contributed by atoms with Crippen LogP contribution in [0.3, 0.4) is 0 Å². The predicted octanol–water partition coefficient (Wildman–Crippen LogP) is -4.72. The molecule has 0 bridgehead atoms. The molecule has 9 fully saturated rings. The molecule has 29 atom stereocenters. The molecule has 82 heavy (non-hydrogen) atoms. The van der Waals surface area contributed by atoms with E-state index in [1.54, 1.807) is 0 Å². The summed E-state index contributed by atoms with van der Waals surface area (Å²) in [6.45, 7) is 13.7. The Hall–Kier alpha value is -0.720. The van der Waals surface area contributed by atoms with Crippen molar-refractivity contribution in [2.45, 2.75) is 253 Å². The molecule has 0 radical (unpaired) electrons. The quantitative estimate of drug-likeness (QED) is 0.0195. The molecule has 10 N–H and O–H groups in total. The summed E-state index contributed by atoms with van der Waals surface area (Å²) in [7, 11) is -4.25. The van der Waals surface area contributed by atoms with Crippen molar-refractivity contribution in [3.8, 4) is 0 Å². The second kappa shape index (κ2) is 23.6. The third-order valence-corrected chi connectivity index (χ3v) is 21.7.